The summed E-state index contributed by atoms with van der Waals surface area (Å²) in [6, 6.07) is 4.27. The van der Waals surface area contributed by atoms with E-state index in [-0.39, 0.29) is 23.6 Å². The topological polar surface area (TPSA) is 49.9 Å². The number of methoxy groups -OCH3 is 1. The van der Waals surface area contributed by atoms with Crippen LogP contribution in [0, 0.1) is 5.82 Å². The molecule has 120 valence electrons. The molecular formula is C16H21FN2O3. The maximum absolute atomic E-state index is 14.2. The summed E-state index contributed by atoms with van der Waals surface area (Å²) in [4.78, 5) is 26.8. The smallest absolute Gasteiger partial charge is 0.322 e. The monoisotopic (exact) mass is 308 g/mol. The van der Waals surface area contributed by atoms with Gasteiger partial charge in [0, 0.05) is 31.7 Å². The zero-order chi connectivity index (χ0) is 16.3. The van der Waals surface area contributed by atoms with E-state index in [1.165, 1.54) is 20.1 Å². The third kappa shape index (κ3) is 3.44. The van der Waals surface area contributed by atoms with Crippen LogP contribution in [0.1, 0.15) is 24.2 Å². The molecule has 0 spiro atoms. The summed E-state index contributed by atoms with van der Waals surface area (Å²) in [6.07, 6.45) is 0. The predicted molar refractivity (Wildman–Crippen MR) is 81.7 cm³/mol. The normalized spacial score (nSPS) is 17.2. The highest BCUT2D eigenvalue weighted by molar-refractivity contribution is 5.94. The van der Waals surface area contributed by atoms with E-state index in [1.807, 2.05) is 16.7 Å². The average Bonchev–Trinajstić information content (AvgIpc) is 2.53. The van der Waals surface area contributed by atoms with E-state index < -0.39 is 0 Å². The van der Waals surface area contributed by atoms with Gasteiger partial charge in [0.25, 0.3) is 0 Å². The SMILES string of the molecule is COC(=O)C(C)N1CCN(c2ccc(C(C)=O)cc2F)CC1. The molecule has 22 heavy (non-hydrogen) atoms. The number of carbonyl (C=O) groups is 2. The molecule has 1 heterocycles. The van der Waals surface area contributed by atoms with Crippen molar-refractivity contribution < 1.29 is 18.7 Å². The Kier molecular flexibility index (Phi) is 5.13. The second kappa shape index (κ2) is 6.87. The fourth-order valence-electron chi connectivity index (χ4n) is 2.65. The zero-order valence-electron chi connectivity index (χ0n) is 13.1. The molecule has 0 bridgehead atoms. The number of halogens is 1. The van der Waals surface area contributed by atoms with Gasteiger partial charge in [0.1, 0.15) is 11.9 Å². The number of rotatable bonds is 4. The van der Waals surface area contributed by atoms with E-state index in [9.17, 15) is 14.0 Å². The molecule has 1 aliphatic heterocycles. The van der Waals surface area contributed by atoms with Gasteiger partial charge in [-0.05, 0) is 32.0 Å². The third-order valence-corrected chi connectivity index (χ3v) is 4.10. The van der Waals surface area contributed by atoms with Crippen LogP contribution in [-0.2, 0) is 9.53 Å². The molecule has 1 aromatic carbocycles. The molecule has 0 N–H and O–H groups in total. The number of Topliss-reactive ketones (excluding diaryl/α,β-unsaturated/α-hetero) is 1. The lowest BCUT2D eigenvalue weighted by Crippen LogP contribution is -2.52. The second-order valence-corrected chi connectivity index (χ2v) is 5.44. The van der Waals surface area contributed by atoms with Gasteiger partial charge in [-0.1, -0.05) is 0 Å². The highest BCUT2D eigenvalue weighted by Gasteiger charge is 2.27. The van der Waals surface area contributed by atoms with Crippen molar-refractivity contribution in [3.05, 3.63) is 29.6 Å². The Hall–Kier alpha value is -1.95. The predicted octanol–water partition coefficient (Wildman–Crippen LogP) is 1.71. The molecule has 1 fully saturated rings. The van der Waals surface area contributed by atoms with Gasteiger partial charge in [-0.2, -0.15) is 0 Å². The molecule has 1 atom stereocenters. The number of hydrogen-bond donors (Lipinski definition) is 0. The van der Waals surface area contributed by atoms with E-state index in [4.69, 9.17) is 4.74 Å². The van der Waals surface area contributed by atoms with Gasteiger partial charge in [0.2, 0.25) is 0 Å². The van der Waals surface area contributed by atoms with Gasteiger partial charge >= 0.3 is 5.97 Å². The average molecular weight is 308 g/mol. The first-order valence-electron chi connectivity index (χ1n) is 7.31. The van der Waals surface area contributed by atoms with Crippen LogP contribution in [-0.4, -0.2) is 56.0 Å². The Balaban J connectivity index is 2.03. The van der Waals surface area contributed by atoms with E-state index in [2.05, 4.69) is 0 Å². The van der Waals surface area contributed by atoms with Crippen LogP contribution < -0.4 is 4.90 Å². The minimum atomic E-state index is -0.387. The number of ketones is 1. The highest BCUT2D eigenvalue weighted by atomic mass is 19.1. The maximum Gasteiger partial charge on any atom is 0.322 e. The summed E-state index contributed by atoms with van der Waals surface area (Å²) >= 11 is 0. The Morgan fingerprint density at radius 3 is 2.36 bits per heavy atom. The summed E-state index contributed by atoms with van der Waals surface area (Å²) in [7, 11) is 1.38. The Morgan fingerprint density at radius 1 is 1.23 bits per heavy atom. The van der Waals surface area contributed by atoms with Gasteiger partial charge in [-0.3, -0.25) is 14.5 Å². The van der Waals surface area contributed by atoms with Crippen LogP contribution in [0.3, 0.4) is 0 Å². The first-order chi connectivity index (χ1) is 10.4. The minimum absolute atomic E-state index is 0.151. The van der Waals surface area contributed by atoms with Gasteiger partial charge < -0.3 is 9.64 Å². The van der Waals surface area contributed by atoms with Crippen molar-refractivity contribution in [3.8, 4) is 0 Å². The maximum atomic E-state index is 14.2. The van der Waals surface area contributed by atoms with Crippen LogP contribution in [0.25, 0.3) is 0 Å². The van der Waals surface area contributed by atoms with Crippen LogP contribution >= 0.6 is 0 Å². The van der Waals surface area contributed by atoms with Crippen molar-refractivity contribution in [1.29, 1.82) is 0 Å². The van der Waals surface area contributed by atoms with Crippen molar-refractivity contribution in [2.75, 3.05) is 38.2 Å². The van der Waals surface area contributed by atoms with E-state index >= 15 is 0 Å². The van der Waals surface area contributed by atoms with Crippen molar-refractivity contribution in [3.63, 3.8) is 0 Å². The van der Waals surface area contributed by atoms with Crippen LogP contribution in [0.4, 0.5) is 10.1 Å². The summed E-state index contributed by atoms with van der Waals surface area (Å²) in [6.45, 7) is 5.79. The quantitative estimate of drug-likeness (QED) is 0.626. The lowest BCUT2D eigenvalue weighted by molar-refractivity contribution is -0.146. The first kappa shape index (κ1) is 16.4. The molecule has 5 nitrogen and oxygen atoms in total. The number of ether oxygens (including phenoxy) is 1. The molecule has 0 aliphatic carbocycles. The lowest BCUT2D eigenvalue weighted by Gasteiger charge is -2.38. The standard InChI is InChI=1S/C16H21FN2O3/c1-11(16(21)22-3)18-6-8-19(9-7-18)15-5-4-13(12(2)20)10-14(15)17/h4-5,10-11H,6-9H2,1-3H3. The zero-order valence-corrected chi connectivity index (χ0v) is 13.1. The molecule has 0 aromatic heterocycles. The molecule has 0 radical (unpaired) electrons. The Labute approximate surface area is 129 Å². The largest absolute Gasteiger partial charge is 0.468 e. The third-order valence-electron chi connectivity index (χ3n) is 4.10. The molecule has 1 aromatic rings. The van der Waals surface area contributed by atoms with Crippen LogP contribution in [0.15, 0.2) is 18.2 Å². The summed E-state index contributed by atoms with van der Waals surface area (Å²) in [5.41, 5.74) is 0.870. The molecule has 1 aliphatic rings. The number of benzene rings is 1. The number of carbonyl (C=O) groups excluding carboxylic acids is 2. The second-order valence-electron chi connectivity index (χ2n) is 5.44. The van der Waals surface area contributed by atoms with Crippen molar-refractivity contribution in [2.24, 2.45) is 0 Å². The molecule has 0 saturated carbocycles. The summed E-state index contributed by atoms with van der Waals surface area (Å²) < 4.78 is 18.9. The van der Waals surface area contributed by atoms with Gasteiger partial charge in [-0.15, -0.1) is 0 Å². The van der Waals surface area contributed by atoms with Gasteiger partial charge in [-0.25, -0.2) is 4.39 Å². The number of esters is 1. The molecular weight excluding hydrogens is 287 g/mol. The number of hydrogen-bond acceptors (Lipinski definition) is 5. The molecule has 6 heteroatoms. The minimum Gasteiger partial charge on any atom is -0.468 e. The lowest BCUT2D eigenvalue weighted by atomic mass is 10.1. The number of anilines is 1. The van der Waals surface area contributed by atoms with Crippen molar-refractivity contribution in [1.82, 2.24) is 4.90 Å². The van der Waals surface area contributed by atoms with Gasteiger partial charge in [0.15, 0.2) is 5.78 Å². The summed E-state index contributed by atoms with van der Waals surface area (Å²) in [5, 5.41) is 0. The molecule has 1 saturated heterocycles. The fraction of sp³-hybridized carbons (Fsp3) is 0.500. The van der Waals surface area contributed by atoms with Crippen LogP contribution in [0.5, 0.6) is 0 Å². The molecule has 1 unspecified atom stereocenters. The Bertz CT molecular complexity index is 569. The van der Waals surface area contributed by atoms with E-state index in [0.717, 1.165) is 0 Å². The fourth-order valence-corrected chi connectivity index (χ4v) is 2.65. The summed E-state index contributed by atoms with van der Waals surface area (Å²) in [5.74, 6) is -0.796. The van der Waals surface area contributed by atoms with Crippen molar-refractivity contribution in [2.45, 2.75) is 19.9 Å². The Morgan fingerprint density at radius 2 is 1.86 bits per heavy atom. The van der Waals surface area contributed by atoms with Gasteiger partial charge in [0.05, 0.1) is 12.8 Å². The number of nitrogens with zero attached hydrogens (tertiary/aromatic N) is 2. The highest BCUT2D eigenvalue weighted by Crippen LogP contribution is 2.22. The van der Waals surface area contributed by atoms with E-state index in [1.54, 1.807) is 12.1 Å². The molecule has 2 rings (SSSR count). The number of piperazine rings is 1. The molecule has 0 amide bonds. The van der Waals surface area contributed by atoms with Crippen molar-refractivity contribution >= 4 is 17.4 Å². The van der Waals surface area contributed by atoms with E-state index in [0.29, 0.717) is 37.4 Å². The van der Waals surface area contributed by atoms with Crippen LogP contribution in [0.2, 0.25) is 0 Å². The first-order valence-corrected chi connectivity index (χ1v) is 7.31.